The van der Waals surface area contributed by atoms with Gasteiger partial charge in [-0.3, -0.25) is 0 Å². The predicted octanol–water partition coefficient (Wildman–Crippen LogP) is 4.69. The quantitative estimate of drug-likeness (QED) is 0.655. The minimum absolute atomic E-state index is 1.04. The molecule has 0 aliphatic heterocycles. The van der Waals surface area contributed by atoms with Gasteiger partial charge < -0.3 is 0 Å². The Hall–Kier alpha value is -1.80. The number of aromatic nitrogens is 1. The second-order valence-corrected chi connectivity index (χ2v) is 5.35. The second kappa shape index (κ2) is 4.83. The molecule has 88 valence electrons. The third-order valence-electron chi connectivity index (χ3n) is 2.82. The highest BCUT2D eigenvalue weighted by Crippen LogP contribution is 2.27. The SMILES string of the molecule is Cc1ccc(Sc2ccc3ccccc3n2)cc1. The van der Waals surface area contributed by atoms with Crippen LogP contribution in [0.1, 0.15) is 5.56 Å². The molecule has 1 aromatic heterocycles. The molecule has 0 unspecified atom stereocenters. The molecule has 0 amide bonds. The van der Waals surface area contributed by atoms with Gasteiger partial charge in [0.2, 0.25) is 0 Å². The first-order valence-corrected chi connectivity index (χ1v) is 6.73. The topological polar surface area (TPSA) is 12.9 Å². The van der Waals surface area contributed by atoms with Crippen molar-refractivity contribution in [2.45, 2.75) is 16.8 Å². The number of para-hydroxylation sites is 1. The minimum atomic E-state index is 1.04. The molecule has 0 bridgehead atoms. The molecule has 0 spiro atoms. The van der Waals surface area contributed by atoms with Gasteiger partial charge in [0, 0.05) is 10.3 Å². The molecule has 1 heterocycles. The van der Waals surface area contributed by atoms with E-state index in [1.54, 1.807) is 11.8 Å². The van der Waals surface area contributed by atoms with Gasteiger partial charge in [-0.1, -0.05) is 53.7 Å². The number of fused-ring (bicyclic) bond motifs is 1. The standard InChI is InChI=1S/C16H13NS/c1-12-6-9-14(10-7-12)18-16-11-8-13-4-2-3-5-15(13)17-16/h2-11H,1H3. The normalized spacial score (nSPS) is 10.7. The molecule has 2 heteroatoms. The van der Waals surface area contributed by atoms with Crippen LogP contribution >= 0.6 is 11.8 Å². The maximum absolute atomic E-state index is 4.66. The Balaban J connectivity index is 1.92. The summed E-state index contributed by atoms with van der Waals surface area (Å²) in [5.74, 6) is 0. The molecule has 0 atom stereocenters. The van der Waals surface area contributed by atoms with Crippen LogP contribution in [-0.2, 0) is 0 Å². The third kappa shape index (κ3) is 2.39. The van der Waals surface area contributed by atoms with E-state index in [4.69, 9.17) is 0 Å². The number of nitrogens with zero attached hydrogens (tertiary/aromatic N) is 1. The zero-order chi connectivity index (χ0) is 12.4. The number of hydrogen-bond donors (Lipinski definition) is 0. The zero-order valence-corrected chi connectivity index (χ0v) is 10.9. The maximum Gasteiger partial charge on any atom is 0.101 e. The van der Waals surface area contributed by atoms with Gasteiger partial charge in [0.1, 0.15) is 5.03 Å². The summed E-state index contributed by atoms with van der Waals surface area (Å²) in [4.78, 5) is 5.88. The first-order chi connectivity index (χ1) is 8.81. The average Bonchev–Trinajstić information content (AvgIpc) is 2.41. The predicted molar refractivity (Wildman–Crippen MR) is 77.0 cm³/mol. The summed E-state index contributed by atoms with van der Waals surface area (Å²) in [6, 6.07) is 20.9. The Morgan fingerprint density at radius 2 is 1.61 bits per heavy atom. The monoisotopic (exact) mass is 251 g/mol. The smallest absolute Gasteiger partial charge is 0.101 e. The van der Waals surface area contributed by atoms with Crippen molar-refractivity contribution in [3.05, 3.63) is 66.2 Å². The number of hydrogen-bond acceptors (Lipinski definition) is 2. The summed E-state index contributed by atoms with van der Waals surface area (Å²) in [5, 5.41) is 2.23. The lowest BCUT2D eigenvalue weighted by atomic mass is 10.2. The van der Waals surface area contributed by atoms with Crippen LogP contribution in [0.5, 0.6) is 0 Å². The molecule has 18 heavy (non-hydrogen) atoms. The highest BCUT2D eigenvalue weighted by molar-refractivity contribution is 7.99. The molecule has 0 radical (unpaired) electrons. The van der Waals surface area contributed by atoms with Crippen molar-refractivity contribution in [1.29, 1.82) is 0 Å². The molecule has 3 aromatic rings. The molecule has 0 saturated carbocycles. The van der Waals surface area contributed by atoms with E-state index in [2.05, 4.69) is 60.4 Å². The Morgan fingerprint density at radius 3 is 2.44 bits per heavy atom. The fourth-order valence-electron chi connectivity index (χ4n) is 1.83. The second-order valence-electron chi connectivity index (χ2n) is 4.26. The number of benzene rings is 2. The molecule has 1 nitrogen and oxygen atoms in total. The highest BCUT2D eigenvalue weighted by atomic mass is 32.2. The van der Waals surface area contributed by atoms with Crippen LogP contribution < -0.4 is 0 Å². The molecular formula is C16H13NS. The van der Waals surface area contributed by atoms with E-state index in [1.807, 2.05) is 12.1 Å². The average molecular weight is 251 g/mol. The zero-order valence-electron chi connectivity index (χ0n) is 10.1. The van der Waals surface area contributed by atoms with Crippen LogP contribution in [0.15, 0.2) is 70.6 Å². The van der Waals surface area contributed by atoms with E-state index < -0.39 is 0 Å². The van der Waals surface area contributed by atoms with Gasteiger partial charge in [-0.05, 0) is 31.2 Å². The van der Waals surface area contributed by atoms with Crippen molar-refractivity contribution in [2.24, 2.45) is 0 Å². The lowest BCUT2D eigenvalue weighted by molar-refractivity contribution is 1.18. The molecule has 3 rings (SSSR count). The lowest BCUT2D eigenvalue weighted by Gasteiger charge is -2.03. The van der Waals surface area contributed by atoms with E-state index >= 15 is 0 Å². The van der Waals surface area contributed by atoms with Crippen LogP contribution in [0.4, 0.5) is 0 Å². The first kappa shape index (κ1) is 11.3. The van der Waals surface area contributed by atoms with Crippen molar-refractivity contribution in [2.75, 3.05) is 0 Å². The van der Waals surface area contributed by atoms with Gasteiger partial charge in [-0.2, -0.15) is 0 Å². The number of pyridine rings is 1. The summed E-state index contributed by atoms with van der Waals surface area (Å²) >= 11 is 1.70. The van der Waals surface area contributed by atoms with Crippen molar-refractivity contribution in [3.8, 4) is 0 Å². The lowest BCUT2D eigenvalue weighted by Crippen LogP contribution is -1.82. The van der Waals surface area contributed by atoms with Crippen LogP contribution in [0.2, 0.25) is 0 Å². The number of rotatable bonds is 2. The molecule has 0 saturated heterocycles. The van der Waals surface area contributed by atoms with Crippen molar-refractivity contribution in [3.63, 3.8) is 0 Å². The molecule has 0 fully saturated rings. The van der Waals surface area contributed by atoms with Crippen LogP contribution in [-0.4, -0.2) is 4.98 Å². The molecule has 0 N–H and O–H groups in total. The van der Waals surface area contributed by atoms with Crippen molar-refractivity contribution in [1.82, 2.24) is 4.98 Å². The van der Waals surface area contributed by atoms with E-state index in [9.17, 15) is 0 Å². The summed E-state index contributed by atoms with van der Waals surface area (Å²) in [7, 11) is 0. The van der Waals surface area contributed by atoms with E-state index in [0.29, 0.717) is 0 Å². The van der Waals surface area contributed by atoms with Crippen molar-refractivity contribution < 1.29 is 0 Å². The van der Waals surface area contributed by atoms with E-state index in [0.717, 1.165) is 10.5 Å². The van der Waals surface area contributed by atoms with Crippen LogP contribution in [0, 0.1) is 6.92 Å². The largest absolute Gasteiger partial charge is 0.241 e. The van der Waals surface area contributed by atoms with Gasteiger partial charge in [0.25, 0.3) is 0 Å². The molecule has 0 aliphatic rings. The molecular weight excluding hydrogens is 238 g/mol. The highest BCUT2D eigenvalue weighted by Gasteiger charge is 2.00. The van der Waals surface area contributed by atoms with E-state index in [-0.39, 0.29) is 0 Å². The van der Waals surface area contributed by atoms with E-state index in [1.165, 1.54) is 15.8 Å². The Kier molecular flexibility index (Phi) is 3.03. The minimum Gasteiger partial charge on any atom is -0.241 e. The summed E-state index contributed by atoms with van der Waals surface area (Å²) in [6.07, 6.45) is 0. The first-order valence-electron chi connectivity index (χ1n) is 5.91. The number of aryl methyl sites for hydroxylation is 1. The third-order valence-corrected chi connectivity index (χ3v) is 3.76. The maximum atomic E-state index is 4.66. The van der Waals surface area contributed by atoms with Gasteiger partial charge in [-0.25, -0.2) is 4.98 Å². The van der Waals surface area contributed by atoms with Gasteiger partial charge in [0.15, 0.2) is 0 Å². The Labute approximate surface area is 111 Å². The molecule has 0 aliphatic carbocycles. The summed E-state index contributed by atoms with van der Waals surface area (Å²) in [6.45, 7) is 2.10. The van der Waals surface area contributed by atoms with Gasteiger partial charge >= 0.3 is 0 Å². The summed E-state index contributed by atoms with van der Waals surface area (Å²) in [5.41, 5.74) is 2.33. The van der Waals surface area contributed by atoms with Crippen molar-refractivity contribution >= 4 is 22.7 Å². The Morgan fingerprint density at radius 1 is 0.833 bits per heavy atom. The fraction of sp³-hybridized carbons (Fsp3) is 0.0625. The summed E-state index contributed by atoms with van der Waals surface area (Å²) < 4.78 is 0. The van der Waals surface area contributed by atoms with Crippen LogP contribution in [0.25, 0.3) is 10.9 Å². The van der Waals surface area contributed by atoms with Gasteiger partial charge in [-0.15, -0.1) is 0 Å². The van der Waals surface area contributed by atoms with Gasteiger partial charge in [0.05, 0.1) is 5.52 Å². The Bertz CT molecular complexity index is 674. The van der Waals surface area contributed by atoms with Crippen LogP contribution in [0.3, 0.4) is 0 Å². The molecule has 2 aromatic carbocycles. The fourth-order valence-corrected chi connectivity index (χ4v) is 2.62.